The van der Waals surface area contributed by atoms with E-state index in [-0.39, 0.29) is 29.6 Å². The second kappa shape index (κ2) is 10.4. The van der Waals surface area contributed by atoms with Crippen LogP contribution in [0.5, 0.6) is 5.75 Å². The van der Waals surface area contributed by atoms with Crippen molar-refractivity contribution in [3.8, 4) is 5.75 Å². The van der Waals surface area contributed by atoms with Crippen LogP contribution in [0.15, 0.2) is 65.6 Å². The Balaban J connectivity index is 1.75. The van der Waals surface area contributed by atoms with Crippen LogP contribution < -0.4 is 4.74 Å². The molecule has 3 aromatic rings. The monoisotopic (exact) mass is 493 g/mol. The van der Waals surface area contributed by atoms with Crippen molar-refractivity contribution in [3.63, 3.8) is 0 Å². The molecular weight excluding hydrogens is 465 g/mol. The Labute approximate surface area is 208 Å². The lowest BCUT2D eigenvalue weighted by Gasteiger charge is -2.24. The van der Waals surface area contributed by atoms with Gasteiger partial charge < -0.3 is 14.7 Å². The number of aliphatic hydroxyl groups is 1. The van der Waals surface area contributed by atoms with Crippen LogP contribution in [0.3, 0.4) is 0 Å². The zero-order valence-electron chi connectivity index (χ0n) is 20.0. The minimum absolute atomic E-state index is 0.0791. The van der Waals surface area contributed by atoms with E-state index in [1.807, 2.05) is 44.4 Å². The van der Waals surface area contributed by atoms with Crippen LogP contribution >= 0.6 is 11.3 Å². The zero-order chi connectivity index (χ0) is 25.1. The molecule has 182 valence electrons. The molecule has 5 nitrogen and oxygen atoms in total. The molecule has 1 aromatic heterocycles. The summed E-state index contributed by atoms with van der Waals surface area (Å²) in [4.78, 5) is 28.6. The molecule has 0 radical (unpaired) electrons. The fraction of sp³-hybridized carbons (Fsp3) is 0.286. The van der Waals surface area contributed by atoms with Gasteiger partial charge in [-0.1, -0.05) is 32.0 Å². The lowest BCUT2D eigenvalue weighted by atomic mass is 9.95. The van der Waals surface area contributed by atoms with Gasteiger partial charge in [-0.15, -0.1) is 11.3 Å². The number of aliphatic hydroxyl groups excluding tert-OH is 1. The Morgan fingerprint density at radius 3 is 2.51 bits per heavy atom. The van der Waals surface area contributed by atoms with Gasteiger partial charge in [0.1, 0.15) is 17.3 Å². The summed E-state index contributed by atoms with van der Waals surface area (Å²) in [5.41, 5.74) is 2.31. The lowest BCUT2D eigenvalue weighted by Crippen LogP contribution is -2.31. The number of hydrogen-bond donors (Lipinski definition) is 1. The molecule has 0 aliphatic carbocycles. The molecule has 1 atom stereocenters. The van der Waals surface area contributed by atoms with Crippen molar-refractivity contribution in [1.82, 2.24) is 4.90 Å². The Bertz CT molecular complexity index is 1250. The first kappa shape index (κ1) is 24.7. The number of ketones is 1. The third kappa shape index (κ3) is 5.00. The van der Waals surface area contributed by atoms with Gasteiger partial charge in [-0.25, -0.2) is 4.39 Å². The van der Waals surface area contributed by atoms with Crippen molar-refractivity contribution >= 4 is 28.8 Å². The van der Waals surface area contributed by atoms with E-state index >= 15 is 0 Å². The highest BCUT2D eigenvalue weighted by atomic mass is 32.1. The molecule has 2 heterocycles. The number of Topliss-reactive ketones (excluding diaryl/α,β-unsaturated/α-hetero) is 1. The highest BCUT2D eigenvalue weighted by Crippen LogP contribution is 2.42. The SMILES string of the molecule is CCOc1ccc(/C(O)=C2/C(=O)C(=O)N(CCc3ccc(F)cc3)C2c2cccs2)cc1C(C)C. The minimum atomic E-state index is -0.708. The molecule has 1 aliphatic rings. The maximum Gasteiger partial charge on any atom is 0.295 e. The third-order valence-electron chi connectivity index (χ3n) is 6.11. The molecule has 7 heteroatoms. The van der Waals surface area contributed by atoms with E-state index < -0.39 is 17.7 Å². The number of hydrogen-bond acceptors (Lipinski definition) is 5. The molecule has 1 saturated heterocycles. The average molecular weight is 494 g/mol. The highest BCUT2D eigenvalue weighted by molar-refractivity contribution is 7.10. The number of ether oxygens (including phenoxy) is 1. The molecule has 1 N–H and O–H groups in total. The van der Waals surface area contributed by atoms with Crippen LogP contribution in [0.25, 0.3) is 5.76 Å². The smallest absolute Gasteiger partial charge is 0.295 e. The maximum atomic E-state index is 13.3. The molecule has 1 aliphatic heterocycles. The van der Waals surface area contributed by atoms with Gasteiger partial charge in [0.05, 0.1) is 18.2 Å². The Morgan fingerprint density at radius 1 is 1.14 bits per heavy atom. The van der Waals surface area contributed by atoms with Crippen LogP contribution in [0.1, 0.15) is 54.3 Å². The predicted molar refractivity (Wildman–Crippen MR) is 135 cm³/mol. The number of amides is 1. The standard InChI is InChI=1S/C28H28FNO4S/c1-4-34-22-12-9-19(16-21(22)17(2)3)26(31)24-25(23-6-5-15-35-23)30(28(33)27(24)32)14-13-18-7-10-20(29)11-8-18/h5-12,15-17,25,31H,4,13-14H2,1-3H3/b26-24-. The number of likely N-dealkylation sites (tertiary alicyclic amines) is 1. The quantitative estimate of drug-likeness (QED) is 0.235. The Kier molecular flexibility index (Phi) is 7.36. The van der Waals surface area contributed by atoms with Crippen molar-refractivity contribution in [2.45, 2.75) is 39.2 Å². The molecular formula is C28H28FNO4S. The second-order valence-corrected chi connectivity index (χ2v) is 9.70. The number of carbonyl (C=O) groups is 2. The van der Waals surface area contributed by atoms with E-state index in [9.17, 15) is 19.1 Å². The number of rotatable bonds is 8. The summed E-state index contributed by atoms with van der Waals surface area (Å²) in [7, 11) is 0. The van der Waals surface area contributed by atoms with E-state index in [1.165, 1.54) is 28.4 Å². The fourth-order valence-electron chi connectivity index (χ4n) is 4.34. The average Bonchev–Trinajstić information content (AvgIpc) is 3.46. The molecule has 1 unspecified atom stereocenters. The van der Waals surface area contributed by atoms with Gasteiger partial charge in [0, 0.05) is 17.0 Å². The van der Waals surface area contributed by atoms with Crippen LogP contribution in [0, 0.1) is 5.82 Å². The van der Waals surface area contributed by atoms with Gasteiger partial charge >= 0.3 is 0 Å². The van der Waals surface area contributed by atoms with Crippen LogP contribution in [-0.2, 0) is 16.0 Å². The number of nitrogens with zero attached hydrogens (tertiary/aromatic N) is 1. The lowest BCUT2D eigenvalue weighted by molar-refractivity contribution is -0.139. The van der Waals surface area contributed by atoms with Crippen LogP contribution in [0.4, 0.5) is 4.39 Å². The molecule has 0 saturated carbocycles. The third-order valence-corrected chi connectivity index (χ3v) is 7.04. The summed E-state index contributed by atoms with van der Waals surface area (Å²) in [5, 5.41) is 13.2. The number of benzene rings is 2. The summed E-state index contributed by atoms with van der Waals surface area (Å²) >= 11 is 1.42. The van der Waals surface area contributed by atoms with Gasteiger partial charge in [0.25, 0.3) is 11.7 Å². The summed E-state index contributed by atoms with van der Waals surface area (Å²) in [5.74, 6) is -1.02. The summed E-state index contributed by atoms with van der Waals surface area (Å²) in [6.45, 7) is 6.74. The van der Waals surface area contributed by atoms with E-state index in [4.69, 9.17) is 4.74 Å². The van der Waals surface area contributed by atoms with E-state index in [2.05, 4.69) is 0 Å². The van der Waals surface area contributed by atoms with Gasteiger partial charge in [-0.05, 0) is 72.2 Å². The van der Waals surface area contributed by atoms with Crippen molar-refractivity contribution < 1.29 is 23.8 Å². The predicted octanol–water partition coefficient (Wildman–Crippen LogP) is 6.07. The highest BCUT2D eigenvalue weighted by Gasteiger charge is 2.46. The van der Waals surface area contributed by atoms with Gasteiger partial charge in [-0.3, -0.25) is 9.59 Å². The van der Waals surface area contributed by atoms with Gasteiger partial charge in [-0.2, -0.15) is 0 Å². The van der Waals surface area contributed by atoms with E-state index in [1.54, 1.807) is 24.3 Å². The molecule has 35 heavy (non-hydrogen) atoms. The first-order chi connectivity index (χ1) is 16.8. The maximum absolute atomic E-state index is 13.3. The van der Waals surface area contributed by atoms with E-state index in [0.29, 0.717) is 18.6 Å². The molecule has 0 spiro atoms. The summed E-state index contributed by atoms with van der Waals surface area (Å²) in [6.07, 6.45) is 0.454. The van der Waals surface area contributed by atoms with Crippen molar-refractivity contribution in [2.24, 2.45) is 0 Å². The van der Waals surface area contributed by atoms with Gasteiger partial charge in [0.15, 0.2) is 0 Å². The first-order valence-electron chi connectivity index (χ1n) is 11.6. The van der Waals surface area contributed by atoms with Crippen molar-refractivity contribution in [1.29, 1.82) is 0 Å². The summed E-state index contributed by atoms with van der Waals surface area (Å²) in [6, 6.07) is 14.4. The topological polar surface area (TPSA) is 66.8 Å². The van der Waals surface area contributed by atoms with Crippen molar-refractivity contribution in [3.05, 3.63) is 92.9 Å². The molecule has 2 aromatic carbocycles. The molecule has 0 bridgehead atoms. The Morgan fingerprint density at radius 2 is 1.89 bits per heavy atom. The van der Waals surface area contributed by atoms with Crippen molar-refractivity contribution in [2.75, 3.05) is 13.2 Å². The first-order valence-corrected chi connectivity index (χ1v) is 12.5. The van der Waals surface area contributed by atoms with E-state index in [0.717, 1.165) is 21.8 Å². The fourth-order valence-corrected chi connectivity index (χ4v) is 5.19. The number of thiophene rings is 1. The van der Waals surface area contributed by atoms with Gasteiger partial charge in [0.2, 0.25) is 0 Å². The largest absolute Gasteiger partial charge is 0.507 e. The molecule has 1 fully saturated rings. The minimum Gasteiger partial charge on any atom is -0.507 e. The second-order valence-electron chi connectivity index (χ2n) is 8.72. The summed E-state index contributed by atoms with van der Waals surface area (Å²) < 4.78 is 19.0. The Hall–Kier alpha value is -3.45. The normalized spacial score (nSPS) is 17.4. The molecule has 1 amide bonds. The zero-order valence-corrected chi connectivity index (χ0v) is 20.8. The number of carbonyl (C=O) groups excluding carboxylic acids is 2. The molecule has 4 rings (SSSR count). The number of halogens is 1. The van der Waals surface area contributed by atoms with Crippen LogP contribution in [-0.4, -0.2) is 34.8 Å². The van der Waals surface area contributed by atoms with Crippen LogP contribution in [0.2, 0.25) is 0 Å².